The largest absolute Gasteiger partial charge is 0.469 e. The minimum Gasteiger partial charge on any atom is -0.469 e. The smallest absolute Gasteiger partial charge is 0.231 e. The number of ether oxygens (including phenoxy) is 2. The Bertz CT molecular complexity index is 592. The first-order valence-electron chi connectivity index (χ1n) is 7.86. The van der Waals surface area contributed by atoms with Gasteiger partial charge in [-0.1, -0.05) is 19.9 Å². The van der Waals surface area contributed by atoms with Crippen LogP contribution in [0, 0.1) is 5.92 Å². The molecule has 1 aromatic heterocycles. The van der Waals surface area contributed by atoms with Gasteiger partial charge in [-0.25, -0.2) is 0 Å². The lowest BCUT2D eigenvalue weighted by molar-refractivity contribution is 0.174. The number of fused-ring (bicyclic) bond motifs is 1. The van der Waals surface area contributed by atoms with Gasteiger partial charge < -0.3 is 19.2 Å². The van der Waals surface area contributed by atoms with Crippen molar-refractivity contribution >= 4 is 0 Å². The Morgan fingerprint density at radius 1 is 1.14 bits per heavy atom. The Balaban J connectivity index is 1.48. The molecule has 0 bridgehead atoms. The van der Waals surface area contributed by atoms with Crippen LogP contribution in [0.4, 0.5) is 0 Å². The molecule has 0 unspecified atom stereocenters. The van der Waals surface area contributed by atoms with Crippen LogP contribution in [-0.4, -0.2) is 13.3 Å². The highest BCUT2D eigenvalue weighted by Gasteiger charge is 2.18. The van der Waals surface area contributed by atoms with Crippen molar-refractivity contribution in [1.82, 2.24) is 5.32 Å². The van der Waals surface area contributed by atoms with E-state index in [1.165, 1.54) is 5.56 Å². The second kappa shape index (κ2) is 6.88. The number of hydrogen-bond acceptors (Lipinski definition) is 4. The molecule has 0 saturated carbocycles. The molecule has 0 radical (unpaired) electrons. The standard InChI is InChI=1S/C18H23NO3/c1-13(2)15(16-4-3-9-20-16)7-8-19-11-14-5-6-17-18(10-14)22-12-21-17/h3-6,9-10,13,15,19H,7-8,11-12H2,1-2H3/t15-/m0/s1. The number of hydrogen-bond donors (Lipinski definition) is 1. The topological polar surface area (TPSA) is 43.6 Å². The molecule has 118 valence electrons. The van der Waals surface area contributed by atoms with Gasteiger partial charge in [0.2, 0.25) is 6.79 Å². The van der Waals surface area contributed by atoms with Crippen LogP contribution in [0.5, 0.6) is 11.5 Å². The summed E-state index contributed by atoms with van der Waals surface area (Å²) in [7, 11) is 0. The van der Waals surface area contributed by atoms with E-state index in [9.17, 15) is 0 Å². The zero-order chi connectivity index (χ0) is 15.4. The first kappa shape index (κ1) is 15.0. The molecule has 4 heteroatoms. The molecule has 1 atom stereocenters. The van der Waals surface area contributed by atoms with Gasteiger partial charge in [0.25, 0.3) is 0 Å². The second-order valence-corrected chi connectivity index (χ2v) is 6.02. The Morgan fingerprint density at radius 2 is 2.00 bits per heavy atom. The Labute approximate surface area is 131 Å². The van der Waals surface area contributed by atoms with E-state index in [2.05, 4.69) is 31.3 Å². The summed E-state index contributed by atoms with van der Waals surface area (Å²) < 4.78 is 16.3. The van der Waals surface area contributed by atoms with Crippen LogP contribution < -0.4 is 14.8 Å². The average Bonchev–Trinajstić information content (AvgIpc) is 3.17. The average molecular weight is 301 g/mol. The molecule has 1 aliphatic heterocycles. The van der Waals surface area contributed by atoms with E-state index in [0.29, 0.717) is 18.6 Å². The van der Waals surface area contributed by atoms with Gasteiger partial charge in [0.05, 0.1) is 6.26 Å². The zero-order valence-electron chi connectivity index (χ0n) is 13.2. The third-order valence-corrected chi connectivity index (χ3v) is 4.11. The molecule has 0 fully saturated rings. The molecule has 0 amide bonds. The summed E-state index contributed by atoms with van der Waals surface area (Å²) in [4.78, 5) is 0. The highest BCUT2D eigenvalue weighted by molar-refractivity contribution is 5.44. The van der Waals surface area contributed by atoms with Gasteiger partial charge in [-0.15, -0.1) is 0 Å². The molecule has 3 rings (SSSR count). The Morgan fingerprint density at radius 3 is 2.77 bits per heavy atom. The molecular formula is C18H23NO3. The molecule has 0 saturated heterocycles. The van der Waals surface area contributed by atoms with Gasteiger partial charge in [0.15, 0.2) is 11.5 Å². The number of rotatable bonds is 7. The van der Waals surface area contributed by atoms with E-state index in [1.807, 2.05) is 18.2 Å². The molecular weight excluding hydrogens is 278 g/mol. The van der Waals surface area contributed by atoms with Crippen molar-refractivity contribution in [2.45, 2.75) is 32.7 Å². The third-order valence-electron chi connectivity index (χ3n) is 4.11. The molecule has 1 aromatic carbocycles. The minimum atomic E-state index is 0.325. The molecule has 0 aliphatic carbocycles. The van der Waals surface area contributed by atoms with E-state index in [0.717, 1.165) is 36.8 Å². The zero-order valence-corrected chi connectivity index (χ0v) is 13.2. The van der Waals surface area contributed by atoms with E-state index < -0.39 is 0 Å². The van der Waals surface area contributed by atoms with Crippen molar-refractivity contribution in [2.75, 3.05) is 13.3 Å². The molecule has 0 spiro atoms. The highest BCUT2D eigenvalue weighted by atomic mass is 16.7. The first-order valence-corrected chi connectivity index (χ1v) is 7.86. The predicted molar refractivity (Wildman–Crippen MR) is 85.2 cm³/mol. The first-order chi connectivity index (χ1) is 10.7. The van der Waals surface area contributed by atoms with Crippen molar-refractivity contribution in [3.63, 3.8) is 0 Å². The monoisotopic (exact) mass is 301 g/mol. The molecule has 2 heterocycles. The maximum atomic E-state index is 5.56. The molecule has 22 heavy (non-hydrogen) atoms. The van der Waals surface area contributed by atoms with Gasteiger partial charge in [0, 0.05) is 12.5 Å². The fraction of sp³-hybridized carbons (Fsp3) is 0.444. The Kier molecular flexibility index (Phi) is 4.68. The van der Waals surface area contributed by atoms with Gasteiger partial charge >= 0.3 is 0 Å². The van der Waals surface area contributed by atoms with Crippen LogP contribution in [0.1, 0.15) is 37.5 Å². The van der Waals surface area contributed by atoms with Crippen LogP contribution in [0.25, 0.3) is 0 Å². The predicted octanol–water partition coefficient (Wildman–Crippen LogP) is 3.93. The fourth-order valence-corrected chi connectivity index (χ4v) is 2.85. The van der Waals surface area contributed by atoms with E-state index in [1.54, 1.807) is 6.26 Å². The number of benzene rings is 1. The summed E-state index contributed by atoms with van der Waals surface area (Å²) in [5.41, 5.74) is 1.21. The van der Waals surface area contributed by atoms with Gasteiger partial charge in [-0.3, -0.25) is 0 Å². The summed E-state index contributed by atoms with van der Waals surface area (Å²) in [6.45, 7) is 6.60. The van der Waals surface area contributed by atoms with Crippen molar-refractivity contribution in [3.05, 3.63) is 47.9 Å². The van der Waals surface area contributed by atoms with Crippen LogP contribution in [-0.2, 0) is 6.54 Å². The fourth-order valence-electron chi connectivity index (χ4n) is 2.85. The van der Waals surface area contributed by atoms with Crippen LogP contribution in [0.15, 0.2) is 41.0 Å². The Hall–Kier alpha value is -1.94. The van der Waals surface area contributed by atoms with Crippen LogP contribution >= 0.6 is 0 Å². The van der Waals surface area contributed by atoms with Gasteiger partial charge in [-0.2, -0.15) is 0 Å². The maximum absolute atomic E-state index is 5.56. The summed E-state index contributed by atoms with van der Waals surface area (Å²) >= 11 is 0. The van der Waals surface area contributed by atoms with E-state index in [4.69, 9.17) is 13.9 Å². The highest BCUT2D eigenvalue weighted by Crippen LogP contribution is 2.32. The number of furan rings is 1. The lowest BCUT2D eigenvalue weighted by Crippen LogP contribution is -2.19. The van der Waals surface area contributed by atoms with Crippen molar-refractivity contribution in [2.24, 2.45) is 5.92 Å². The van der Waals surface area contributed by atoms with Crippen molar-refractivity contribution in [1.29, 1.82) is 0 Å². The summed E-state index contributed by atoms with van der Waals surface area (Å²) in [6.07, 6.45) is 2.82. The van der Waals surface area contributed by atoms with Crippen LogP contribution in [0.3, 0.4) is 0 Å². The lowest BCUT2D eigenvalue weighted by Gasteiger charge is -2.18. The van der Waals surface area contributed by atoms with Crippen molar-refractivity contribution in [3.8, 4) is 11.5 Å². The third kappa shape index (κ3) is 3.45. The van der Waals surface area contributed by atoms with E-state index >= 15 is 0 Å². The molecule has 1 aliphatic rings. The normalized spacial score (nSPS) is 14.5. The molecule has 4 nitrogen and oxygen atoms in total. The van der Waals surface area contributed by atoms with E-state index in [-0.39, 0.29) is 0 Å². The summed E-state index contributed by atoms with van der Waals surface area (Å²) in [6, 6.07) is 10.1. The summed E-state index contributed by atoms with van der Waals surface area (Å²) in [5, 5.41) is 3.50. The van der Waals surface area contributed by atoms with Crippen LogP contribution in [0.2, 0.25) is 0 Å². The maximum Gasteiger partial charge on any atom is 0.231 e. The second-order valence-electron chi connectivity index (χ2n) is 6.02. The SMILES string of the molecule is CC(C)[C@H](CCNCc1ccc2c(c1)OCO2)c1ccco1. The quantitative estimate of drug-likeness (QED) is 0.787. The lowest BCUT2D eigenvalue weighted by atomic mass is 9.90. The molecule has 1 N–H and O–H groups in total. The summed E-state index contributed by atoms with van der Waals surface area (Å²) in [5.74, 6) is 3.79. The van der Waals surface area contributed by atoms with Crippen molar-refractivity contribution < 1.29 is 13.9 Å². The minimum absolute atomic E-state index is 0.325. The van der Waals surface area contributed by atoms with Gasteiger partial charge in [0.1, 0.15) is 5.76 Å². The molecule has 2 aromatic rings. The van der Waals surface area contributed by atoms with Gasteiger partial charge in [-0.05, 0) is 48.7 Å². The number of nitrogens with one attached hydrogen (secondary N) is 1.